The third-order valence-corrected chi connectivity index (χ3v) is 5.83. The predicted octanol–water partition coefficient (Wildman–Crippen LogP) is 4.99. The molecule has 1 heterocycles. The Balaban J connectivity index is 0.000000214. The zero-order valence-electron chi connectivity index (χ0n) is 20.5. The van der Waals surface area contributed by atoms with Gasteiger partial charge < -0.3 is 24.2 Å². The van der Waals surface area contributed by atoms with Gasteiger partial charge in [0.15, 0.2) is 0 Å². The number of hydrogen-bond donors (Lipinski definition) is 1. The third kappa shape index (κ3) is 6.57. The molecule has 0 spiro atoms. The SMILES string of the molecule is CNc1ccc(OC)cc1C(=O)N1CCc2ccccc21.COCc1cc(COP)cc([N+](=O)[O-])c1. The molecule has 3 aromatic carbocycles. The van der Waals surface area contributed by atoms with Crippen molar-refractivity contribution in [1.82, 2.24) is 0 Å². The van der Waals surface area contributed by atoms with E-state index in [1.54, 1.807) is 20.3 Å². The smallest absolute Gasteiger partial charge is 0.270 e. The number of methoxy groups -OCH3 is 2. The minimum absolute atomic E-state index is 0.00296. The second-order valence-corrected chi connectivity index (χ2v) is 8.34. The van der Waals surface area contributed by atoms with Crippen molar-refractivity contribution in [2.75, 3.05) is 38.0 Å². The number of non-ortho nitro benzene ring substituents is 1. The lowest BCUT2D eigenvalue weighted by atomic mass is 10.1. The number of para-hydroxylation sites is 1. The number of ether oxygens (including phenoxy) is 2. The quantitative estimate of drug-likeness (QED) is 0.258. The van der Waals surface area contributed by atoms with Crippen molar-refractivity contribution in [1.29, 1.82) is 0 Å². The van der Waals surface area contributed by atoms with Crippen LogP contribution < -0.4 is 15.0 Å². The largest absolute Gasteiger partial charge is 0.497 e. The second kappa shape index (κ2) is 13.0. The van der Waals surface area contributed by atoms with Crippen LogP contribution in [-0.2, 0) is 28.9 Å². The van der Waals surface area contributed by atoms with Crippen LogP contribution in [0.2, 0.25) is 0 Å². The third-order valence-electron chi connectivity index (χ3n) is 5.67. The molecule has 1 aliphatic rings. The molecule has 10 heteroatoms. The number of anilines is 2. The van der Waals surface area contributed by atoms with Gasteiger partial charge in [-0.25, -0.2) is 0 Å². The van der Waals surface area contributed by atoms with Gasteiger partial charge in [0.25, 0.3) is 11.6 Å². The van der Waals surface area contributed by atoms with Gasteiger partial charge in [-0.05, 0) is 47.4 Å². The Morgan fingerprint density at radius 2 is 1.81 bits per heavy atom. The lowest BCUT2D eigenvalue weighted by Gasteiger charge is -2.19. The van der Waals surface area contributed by atoms with Crippen molar-refractivity contribution in [3.63, 3.8) is 0 Å². The van der Waals surface area contributed by atoms with E-state index in [9.17, 15) is 14.9 Å². The highest BCUT2D eigenvalue weighted by atomic mass is 31.0. The maximum atomic E-state index is 12.9. The van der Waals surface area contributed by atoms with E-state index in [4.69, 9.17) is 14.0 Å². The van der Waals surface area contributed by atoms with Gasteiger partial charge in [-0.15, -0.1) is 0 Å². The normalized spacial score (nSPS) is 11.8. The van der Waals surface area contributed by atoms with Crippen LogP contribution in [0.1, 0.15) is 27.0 Å². The Morgan fingerprint density at radius 1 is 1.08 bits per heavy atom. The fraction of sp³-hybridized carbons (Fsp3) is 0.269. The van der Waals surface area contributed by atoms with Crippen LogP contribution in [0.15, 0.2) is 60.7 Å². The van der Waals surface area contributed by atoms with Crippen LogP contribution in [0.25, 0.3) is 0 Å². The molecule has 0 aromatic heterocycles. The summed E-state index contributed by atoms with van der Waals surface area (Å²) in [6.45, 7) is 1.40. The number of carbonyl (C=O) groups is 1. The van der Waals surface area contributed by atoms with Gasteiger partial charge in [0, 0.05) is 53.7 Å². The monoisotopic (exact) mass is 511 g/mol. The minimum atomic E-state index is -0.425. The molecule has 0 aliphatic carbocycles. The van der Waals surface area contributed by atoms with E-state index in [1.165, 1.54) is 17.7 Å². The van der Waals surface area contributed by atoms with Gasteiger partial charge in [-0.3, -0.25) is 14.9 Å². The average molecular weight is 512 g/mol. The van der Waals surface area contributed by atoms with Crippen molar-refractivity contribution in [3.05, 3.63) is 93.0 Å². The number of carbonyl (C=O) groups excluding carboxylic acids is 1. The molecule has 1 N–H and O–H groups in total. The van der Waals surface area contributed by atoms with Gasteiger partial charge in [0.2, 0.25) is 0 Å². The van der Waals surface area contributed by atoms with Crippen LogP contribution in [0, 0.1) is 10.1 Å². The van der Waals surface area contributed by atoms with Crippen molar-refractivity contribution in [3.8, 4) is 5.75 Å². The molecule has 190 valence electrons. The highest BCUT2D eigenvalue weighted by molar-refractivity contribution is 7.09. The van der Waals surface area contributed by atoms with Crippen LogP contribution in [0.4, 0.5) is 17.1 Å². The van der Waals surface area contributed by atoms with Crippen molar-refractivity contribution >= 4 is 32.4 Å². The summed E-state index contributed by atoms with van der Waals surface area (Å²) < 4.78 is 15.0. The molecule has 0 saturated carbocycles. The summed E-state index contributed by atoms with van der Waals surface area (Å²) in [7, 11) is 7.08. The topological polar surface area (TPSA) is 103 Å². The van der Waals surface area contributed by atoms with Crippen molar-refractivity contribution < 1.29 is 23.7 Å². The van der Waals surface area contributed by atoms with Gasteiger partial charge in [0.1, 0.15) is 5.75 Å². The first kappa shape index (κ1) is 27.1. The summed E-state index contributed by atoms with van der Waals surface area (Å²) in [4.78, 5) is 24.9. The highest BCUT2D eigenvalue weighted by Gasteiger charge is 2.26. The molecule has 0 fully saturated rings. The molecule has 4 rings (SSSR count). The number of amides is 1. The van der Waals surface area contributed by atoms with E-state index in [0.717, 1.165) is 35.5 Å². The first-order valence-corrected chi connectivity index (χ1v) is 11.7. The lowest BCUT2D eigenvalue weighted by molar-refractivity contribution is -0.385. The number of fused-ring (bicyclic) bond motifs is 1. The molecular formula is C26H30N3O6P. The Labute approximate surface area is 212 Å². The van der Waals surface area contributed by atoms with Gasteiger partial charge in [0.05, 0.1) is 30.8 Å². The zero-order valence-corrected chi connectivity index (χ0v) is 21.7. The molecule has 0 saturated heterocycles. The molecule has 36 heavy (non-hydrogen) atoms. The Morgan fingerprint density at radius 3 is 2.44 bits per heavy atom. The molecule has 1 atom stereocenters. The maximum absolute atomic E-state index is 12.9. The number of rotatable bonds is 8. The molecule has 3 aromatic rings. The van der Waals surface area contributed by atoms with E-state index < -0.39 is 4.92 Å². The number of nitrogens with zero attached hydrogens (tertiary/aromatic N) is 2. The fourth-order valence-corrected chi connectivity index (χ4v) is 4.21. The molecule has 9 nitrogen and oxygen atoms in total. The molecule has 0 bridgehead atoms. The Kier molecular flexibility index (Phi) is 9.76. The summed E-state index contributed by atoms with van der Waals surface area (Å²) >= 11 is 0. The van der Waals surface area contributed by atoms with Crippen LogP contribution >= 0.6 is 9.47 Å². The van der Waals surface area contributed by atoms with Crippen molar-refractivity contribution in [2.24, 2.45) is 0 Å². The van der Waals surface area contributed by atoms with E-state index in [2.05, 4.69) is 20.8 Å². The first-order chi connectivity index (χ1) is 17.4. The number of nitro groups is 1. The average Bonchev–Trinajstić information content (AvgIpc) is 3.33. The zero-order chi connectivity index (χ0) is 26.1. The fourth-order valence-electron chi connectivity index (χ4n) is 4.02. The summed E-state index contributed by atoms with van der Waals surface area (Å²) in [5.74, 6) is 0.688. The molecular weight excluding hydrogens is 481 g/mol. The Bertz CT molecular complexity index is 1200. The second-order valence-electron chi connectivity index (χ2n) is 8.01. The molecule has 0 radical (unpaired) electrons. The summed E-state index contributed by atoms with van der Waals surface area (Å²) in [5.41, 5.74) is 5.25. The summed E-state index contributed by atoms with van der Waals surface area (Å²) in [5, 5.41) is 13.7. The number of nitro benzene ring substituents is 1. The van der Waals surface area contributed by atoms with Crippen LogP contribution in [-0.4, -0.2) is 38.6 Å². The summed E-state index contributed by atoms with van der Waals surface area (Å²) in [6.07, 6.45) is 0.904. The first-order valence-electron chi connectivity index (χ1n) is 11.2. The van der Waals surface area contributed by atoms with E-state index in [0.29, 0.717) is 24.5 Å². The van der Waals surface area contributed by atoms with Crippen molar-refractivity contribution in [2.45, 2.75) is 19.6 Å². The van der Waals surface area contributed by atoms with Gasteiger partial charge in [-0.1, -0.05) is 24.3 Å². The van der Waals surface area contributed by atoms with Gasteiger partial charge >= 0.3 is 0 Å². The number of benzene rings is 3. The Hall–Kier alpha value is -3.52. The van der Waals surface area contributed by atoms with Crippen LogP contribution in [0.5, 0.6) is 5.75 Å². The van der Waals surface area contributed by atoms with Gasteiger partial charge in [-0.2, -0.15) is 0 Å². The summed E-state index contributed by atoms with van der Waals surface area (Å²) in [6, 6.07) is 18.4. The maximum Gasteiger partial charge on any atom is 0.270 e. The standard InChI is InChI=1S/C17H18N2O2.C9H12NO4P/c1-18-15-8-7-13(21-2)11-14(15)17(20)19-10-9-12-5-3-4-6-16(12)19;1-13-5-7-2-8(6-14-15)4-9(3-7)10(11)12/h3-8,11,18H,9-10H2,1-2H3;2-4H,5-6,15H2,1H3. The predicted molar refractivity (Wildman–Crippen MR) is 143 cm³/mol. The molecule has 1 aliphatic heterocycles. The van der Waals surface area contributed by atoms with E-state index in [1.807, 2.05) is 48.3 Å². The van der Waals surface area contributed by atoms with E-state index in [-0.39, 0.29) is 11.6 Å². The number of hydrogen-bond acceptors (Lipinski definition) is 7. The lowest BCUT2D eigenvalue weighted by Crippen LogP contribution is -2.29. The minimum Gasteiger partial charge on any atom is -0.497 e. The molecule has 1 unspecified atom stereocenters. The highest BCUT2D eigenvalue weighted by Crippen LogP contribution is 2.31. The molecule has 1 amide bonds. The van der Waals surface area contributed by atoms with E-state index >= 15 is 0 Å². The van der Waals surface area contributed by atoms with Crippen LogP contribution in [0.3, 0.4) is 0 Å². The number of nitrogens with one attached hydrogen (secondary N) is 1.